The molecule has 0 fully saturated rings. The predicted octanol–water partition coefficient (Wildman–Crippen LogP) is 4.19. The van der Waals surface area contributed by atoms with Gasteiger partial charge in [-0.1, -0.05) is 34.1 Å². The van der Waals surface area contributed by atoms with E-state index < -0.39 is 6.09 Å². The Hall–Kier alpha value is -1.33. The Kier molecular flexibility index (Phi) is 4.38. The summed E-state index contributed by atoms with van der Waals surface area (Å²) in [5, 5.41) is 11.2. The summed E-state index contributed by atoms with van der Waals surface area (Å²) in [6.45, 7) is 0.837. The molecular weight excluding hydrogens is 314 g/mol. The molecule has 2 rings (SSSR count). The molecule has 1 heterocycles. The average molecular weight is 326 g/mol. The largest absolute Gasteiger partial charge is 0.465 e. The highest BCUT2D eigenvalue weighted by Crippen LogP contribution is 2.16. The normalized spacial score (nSPS) is 10.3. The Morgan fingerprint density at radius 2 is 1.94 bits per heavy atom. The van der Waals surface area contributed by atoms with E-state index in [2.05, 4.69) is 15.9 Å². The smallest absolute Gasteiger partial charge is 0.407 e. The molecule has 18 heavy (non-hydrogen) atoms. The molecule has 0 aliphatic heterocycles. The number of hydrogen-bond acceptors (Lipinski definition) is 2. The monoisotopic (exact) mass is 325 g/mol. The van der Waals surface area contributed by atoms with E-state index in [1.807, 2.05) is 41.8 Å². The maximum absolute atomic E-state index is 11.2. The van der Waals surface area contributed by atoms with Gasteiger partial charge in [-0.3, -0.25) is 4.90 Å². The standard InChI is InChI=1S/C13H12BrNO2S/c14-11-5-3-10(4-6-11)8-15(13(16)17)9-12-2-1-7-18-12/h1-7H,8-9H2,(H,16,17). The van der Waals surface area contributed by atoms with Crippen LogP contribution < -0.4 is 0 Å². The van der Waals surface area contributed by atoms with Crippen LogP contribution in [0.4, 0.5) is 4.79 Å². The molecule has 0 unspecified atom stereocenters. The number of hydrogen-bond donors (Lipinski definition) is 1. The summed E-state index contributed by atoms with van der Waals surface area (Å²) in [7, 11) is 0. The lowest BCUT2D eigenvalue weighted by Gasteiger charge is -2.18. The van der Waals surface area contributed by atoms with Crippen molar-refractivity contribution < 1.29 is 9.90 Å². The number of nitrogens with zero attached hydrogens (tertiary/aromatic N) is 1. The van der Waals surface area contributed by atoms with Gasteiger partial charge in [0.25, 0.3) is 0 Å². The van der Waals surface area contributed by atoms with Crippen LogP contribution in [0.15, 0.2) is 46.3 Å². The molecule has 0 saturated carbocycles. The molecule has 0 bridgehead atoms. The van der Waals surface area contributed by atoms with Crippen molar-refractivity contribution in [3.63, 3.8) is 0 Å². The van der Waals surface area contributed by atoms with Gasteiger partial charge in [0.15, 0.2) is 0 Å². The summed E-state index contributed by atoms with van der Waals surface area (Å²) in [5.41, 5.74) is 0.983. The van der Waals surface area contributed by atoms with E-state index in [0.29, 0.717) is 13.1 Å². The first-order chi connectivity index (χ1) is 8.65. The summed E-state index contributed by atoms with van der Waals surface area (Å²) >= 11 is 4.93. The molecular formula is C13H12BrNO2S. The molecule has 0 radical (unpaired) electrons. The predicted molar refractivity (Wildman–Crippen MR) is 75.7 cm³/mol. The first-order valence-electron chi connectivity index (χ1n) is 5.40. The maximum atomic E-state index is 11.2. The molecule has 0 saturated heterocycles. The second-order valence-corrected chi connectivity index (χ2v) is 5.79. The minimum Gasteiger partial charge on any atom is -0.465 e. The van der Waals surface area contributed by atoms with E-state index in [-0.39, 0.29) is 0 Å². The van der Waals surface area contributed by atoms with E-state index in [9.17, 15) is 9.90 Å². The van der Waals surface area contributed by atoms with Crippen molar-refractivity contribution in [1.82, 2.24) is 4.90 Å². The fourth-order valence-corrected chi connectivity index (χ4v) is 2.58. The lowest BCUT2D eigenvalue weighted by molar-refractivity contribution is 0.140. The molecule has 0 aliphatic carbocycles. The van der Waals surface area contributed by atoms with Crippen LogP contribution in [0.25, 0.3) is 0 Å². The quantitative estimate of drug-likeness (QED) is 0.915. The zero-order valence-electron chi connectivity index (χ0n) is 9.54. The Balaban J connectivity index is 2.06. The molecule has 1 N–H and O–H groups in total. The van der Waals surface area contributed by atoms with Crippen LogP contribution in [0.1, 0.15) is 10.4 Å². The molecule has 0 aliphatic rings. The van der Waals surface area contributed by atoms with Crippen molar-refractivity contribution in [1.29, 1.82) is 0 Å². The number of benzene rings is 1. The third kappa shape index (κ3) is 3.58. The highest BCUT2D eigenvalue weighted by molar-refractivity contribution is 9.10. The number of thiophene rings is 1. The van der Waals surface area contributed by atoms with Gasteiger partial charge in [0, 0.05) is 15.9 Å². The number of carbonyl (C=O) groups is 1. The van der Waals surface area contributed by atoms with Crippen LogP contribution >= 0.6 is 27.3 Å². The van der Waals surface area contributed by atoms with Crippen molar-refractivity contribution in [2.75, 3.05) is 0 Å². The van der Waals surface area contributed by atoms with E-state index in [0.717, 1.165) is 14.9 Å². The van der Waals surface area contributed by atoms with E-state index >= 15 is 0 Å². The summed E-state index contributed by atoms with van der Waals surface area (Å²) < 4.78 is 0.992. The highest BCUT2D eigenvalue weighted by Gasteiger charge is 2.13. The maximum Gasteiger partial charge on any atom is 0.407 e. The summed E-state index contributed by atoms with van der Waals surface area (Å²) in [4.78, 5) is 13.7. The average Bonchev–Trinajstić information content (AvgIpc) is 2.84. The van der Waals surface area contributed by atoms with Crippen molar-refractivity contribution in [3.05, 3.63) is 56.7 Å². The van der Waals surface area contributed by atoms with E-state index in [1.165, 1.54) is 4.90 Å². The summed E-state index contributed by atoms with van der Waals surface area (Å²) in [6.07, 6.45) is -0.897. The van der Waals surface area contributed by atoms with Crippen LogP contribution in [0, 0.1) is 0 Å². The molecule has 94 valence electrons. The van der Waals surface area contributed by atoms with Crippen LogP contribution in [-0.2, 0) is 13.1 Å². The van der Waals surface area contributed by atoms with Gasteiger partial charge in [0.05, 0.1) is 6.54 Å². The fraction of sp³-hybridized carbons (Fsp3) is 0.154. The third-order valence-electron chi connectivity index (χ3n) is 2.48. The van der Waals surface area contributed by atoms with Crippen molar-refractivity contribution in [2.45, 2.75) is 13.1 Å². The fourth-order valence-electron chi connectivity index (χ4n) is 1.59. The zero-order chi connectivity index (χ0) is 13.0. The number of rotatable bonds is 4. The van der Waals surface area contributed by atoms with Gasteiger partial charge in [0.1, 0.15) is 0 Å². The second kappa shape index (κ2) is 6.02. The molecule has 1 aromatic heterocycles. The first kappa shape index (κ1) is 13.1. The lowest BCUT2D eigenvalue weighted by atomic mass is 10.2. The zero-order valence-corrected chi connectivity index (χ0v) is 11.9. The first-order valence-corrected chi connectivity index (χ1v) is 7.07. The van der Waals surface area contributed by atoms with E-state index in [4.69, 9.17) is 0 Å². The van der Waals surface area contributed by atoms with Gasteiger partial charge in [0.2, 0.25) is 0 Å². The molecule has 1 amide bonds. The number of halogens is 1. The Morgan fingerprint density at radius 3 is 2.50 bits per heavy atom. The summed E-state index contributed by atoms with van der Waals surface area (Å²) in [5.74, 6) is 0. The molecule has 5 heteroatoms. The van der Waals surface area contributed by atoms with Crippen molar-refractivity contribution in [3.8, 4) is 0 Å². The molecule has 0 atom stereocenters. The molecule has 0 spiro atoms. The van der Waals surface area contributed by atoms with E-state index in [1.54, 1.807) is 11.3 Å². The van der Waals surface area contributed by atoms with Crippen LogP contribution in [0.2, 0.25) is 0 Å². The van der Waals surface area contributed by atoms with Gasteiger partial charge in [-0.25, -0.2) is 4.79 Å². The minimum absolute atomic E-state index is 0.403. The number of amides is 1. The van der Waals surface area contributed by atoms with Crippen LogP contribution in [-0.4, -0.2) is 16.1 Å². The Morgan fingerprint density at radius 1 is 1.22 bits per heavy atom. The topological polar surface area (TPSA) is 40.5 Å². The van der Waals surface area contributed by atoms with Gasteiger partial charge < -0.3 is 5.11 Å². The third-order valence-corrected chi connectivity index (χ3v) is 3.87. The SMILES string of the molecule is O=C(O)N(Cc1ccc(Br)cc1)Cc1cccs1. The molecule has 1 aromatic carbocycles. The lowest BCUT2D eigenvalue weighted by Crippen LogP contribution is -2.27. The van der Waals surface area contributed by atoms with Crippen LogP contribution in [0.3, 0.4) is 0 Å². The van der Waals surface area contributed by atoms with Gasteiger partial charge in [-0.05, 0) is 29.1 Å². The van der Waals surface area contributed by atoms with Gasteiger partial charge >= 0.3 is 6.09 Å². The molecule has 2 aromatic rings. The van der Waals surface area contributed by atoms with Gasteiger partial charge in [-0.15, -0.1) is 11.3 Å². The summed E-state index contributed by atoms with van der Waals surface area (Å²) in [6, 6.07) is 11.6. The highest BCUT2D eigenvalue weighted by atomic mass is 79.9. The Bertz CT molecular complexity index is 510. The Labute approximate surface area is 118 Å². The van der Waals surface area contributed by atoms with Crippen molar-refractivity contribution >= 4 is 33.4 Å². The number of carboxylic acid groups (broad SMARTS) is 1. The van der Waals surface area contributed by atoms with Crippen LogP contribution in [0.5, 0.6) is 0 Å². The minimum atomic E-state index is -0.897. The second-order valence-electron chi connectivity index (χ2n) is 3.84. The van der Waals surface area contributed by atoms with Crippen molar-refractivity contribution in [2.24, 2.45) is 0 Å². The molecule has 3 nitrogen and oxygen atoms in total. The van der Waals surface area contributed by atoms with Gasteiger partial charge in [-0.2, -0.15) is 0 Å².